The van der Waals surface area contributed by atoms with E-state index >= 15 is 0 Å². The maximum absolute atomic E-state index is 5.53. The van der Waals surface area contributed by atoms with Crippen LogP contribution in [0.5, 0.6) is 0 Å². The third-order valence-electron chi connectivity index (χ3n) is 3.36. The van der Waals surface area contributed by atoms with Gasteiger partial charge in [-0.05, 0) is 38.8 Å². The molecule has 0 atom stereocenters. The van der Waals surface area contributed by atoms with E-state index in [1.165, 1.54) is 0 Å². The Morgan fingerprint density at radius 2 is 1.83 bits per heavy atom. The fraction of sp³-hybridized carbons (Fsp3) is 0.474. The Morgan fingerprint density at radius 1 is 1.09 bits per heavy atom. The molecular weight excluding hydrogens is 284 g/mol. The van der Waals surface area contributed by atoms with E-state index < -0.39 is 0 Å². The van der Waals surface area contributed by atoms with E-state index in [2.05, 4.69) is 54.0 Å². The molecule has 0 aliphatic carbocycles. The van der Waals surface area contributed by atoms with Crippen LogP contribution in [-0.4, -0.2) is 31.1 Å². The van der Waals surface area contributed by atoms with Crippen molar-refractivity contribution < 1.29 is 0 Å². The van der Waals surface area contributed by atoms with Crippen molar-refractivity contribution in [3.05, 3.63) is 61.8 Å². The van der Waals surface area contributed by atoms with E-state index in [0.717, 1.165) is 62.4 Å². The largest absolute Gasteiger partial charge is 0.403 e. The minimum atomic E-state index is 0.701. The third kappa shape index (κ3) is 13.3. The van der Waals surface area contributed by atoms with Gasteiger partial charge < -0.3 is 21.3 Å². The molecule has 0 saturated carbocycles. The SMILES string of the molecule is C=CN(C/C=C\C)CCCC(=C)NCC(=C)NCCCC(=C)N. The van der Waals surface area contributed by atoms with Crippen LogP contribution in [0.25, 0.3) is 0 Å². The zero-order valence-electron chi connectivity index (χ0n) is 14.7. The number of nitrogens with two attached hydrogens (primary N) is 1. The van der Waals surface area contributed by atoms with E-state index in [9.17, 15) is 0 Å². The summed E-state index contributed by atoms with van der Waals surface area (Å²) in [5.41, 5.74) is 8.27. The summed E-state index contributed by atoms with van der Waals surface area (Å²) >= 11 is 0. The van der Waals surface area contributed by atoms with Gasteiger partial charge in [0.05, 0.1) is 6.54 Å². The van der Waals surface area contributed by atoms with Gasteiger partial charge in [0.15, 0.2) is 0 Å². The number of allylic oxidation sites excluding steroid dienone is 3. The average molecular weight is 319 g/mol. The summed E-state index contributed by atoms with van der Waals surface area (Å²) in [4.78, 5) is 2.19. The van der Waals surface area contributed by atoms with Crippen molar-refractivity contribution in [3.8, 4) is 0 Å². The number of hydrogen-bond acceptors (Lipinski definition) is 4. The topological polar surface area (TPSA) is 53.3 Å². The number of hydrogen-bond donors (Lipinski definition) is 3. The van der Waals surface area contributed by atoms with Crippen LogP contribution in [0.15, 0.2) is 61.8 Å². The van der Waals surface area contributed by atoms with Crippen LogP contribution in [0.4, 0.5) is 0 Å². The molecule has 0 aromatic rings. The minimum absolute atomic E-state index is 0.701. The molecule has 0 fully saturated rings. The highest BCUT2D eigenvalue weighted by molar-refractivity contribution is 5.01. The van der Waals surface area contributed by atoms with Gasteiger partial charge in [0.1, 0.15) is 0 Å². The Labute approximate surface area is 142 Å². The van der Waals surface area contributed by atoms with Gasteiger partial charge in [-0.15, -0.1) is 0 Å². The zero-order valence-corrected chi connectivity index (χ0v) is 14.7. The highest BCUT2D eigenvalue weighted by atomic mass is 15.1. The second-order valence-corrected chi connectivity index (χ2v) is 5.60. The molecule has 0 bridgehead atoms. The summed E-state index contributed by atoms with van der Waals surface area (Å²) in [6, 6.07) is 0. The molecule has 23 heavy (non-hydrogen) atoms. The van der Waals surface area contributed by atoms with Crippen molar-refractivity contribution in [1.82, 2.24) is 15.5 Å². The molecule has 0 spiro atoms. The molecule has 0 rings (SSSR count). The van der Waals surface area contributed by atoms with Crippen LogP contribution in [0.2, 0.25) is 0 Å². The Hall–Kier alpha value is -2.10. The Morgan fingerprint density at radius 3 is 2.43 bits per heavy atom. The zero-order chi connectivity index (χ0) is 17.5. The van der Waals surface area contributed by atoms with Crippen molar-refractivity contribution in [2.24, 2.45) is 5.73 Å². The van der Waals surface area contributed by atoms with Gasteiger partial charge in [-0.2, -0.15) is 0 Å². The van der Waals surface area contributed by atoms with Crippen molar-refractivity contribution in [2.75, 3.05) is 26.2 Å². The summed E-state index contributed by atoms with van der Waals surface area (Å²) < 4.78 is 0. The van der Waals surface area contributed by atoms with Gasteiger partial charge in [-0.1, -0.05) is 38.5 Å². The predicted octanol–water partition coefficient (Wildman–Crippen LogP) is 3.25. The van der Waals surface area contributed by atoms with E-state index in [0.29, 0.717) is 6.54 Å². The molecule has 0 unspecified atom stereocenters. The van der Waals surface area contributed by atoms with Crippen molar-refractivity contribution in [3.63, 3.8) is 0 Å². The lowest BCUT2D eigenvalue weighted by Crippen LogP contribution is -2.25. The van der Waals surface area contributed by atoms with Crippen LogP contribution >= 0.6 is 0 Å². The lowest BCUT2D eigenvalue weighted by Gasteiger charge is -2.18. The molecule has 0 radical (unpaired) electrons. The Bertz CT molecular complexity index is 410. The summed E-state index contributed by atoms with van der Waals surface area (Å²) in [5, 5.41) is 6.59. The molecule has 0 saturated heterocycles. The molecule has 130 valence electrons. The van der Waals surface area contributed by atoms with Crippen molar-refractivity contribution >= 4 is 0 Å². The molecule has 0 aliphatic heterocycles. The summed E-state index contributed by atoms with van der Waals surface area (Å²) in [6.07, 6.45) is 9.88. The first kappa shape index (κ1) is 20.9. The van der Waals surface area contributed by atoms with Crippen LogP contribution in [-0.2, 0) is 0 Å². The van der Waals surface area contributed by atoms with Gasteiger partial charge in [-0.3, -0.25) is 0 Å². The van der Waals surface area contributed by atoms with Gasteiger partial charge in [0.2, 0.25) is 0 Å². The van der Waals surface area contributed by atoms with E-state index in [1.807, 2.05) is 13.1 Å². The van der Waals surface area contributed by atoms with E-state index in [-0.39, 0.29) is 0 Å². The molecule has 0 amide bonds. The normalized spacial score (nSPS) is 10.3. The summed E-state index contributed by atoms with van der Waals surface area (Å²) in [6.45, 7) is 21.1. The molecule has 4 N–H and O–H groups in total. The van der Waals surface area contributed by atoms with E-state index in [4.69, 9.17) is 5.73 Å². The molecule has 4 heteroatoms. The first-order valence-corrected chi connectivity index (χ1v) is 8.23. The monoisotopic (exact) mass is 318 g/mol. The van der Waals surface area contributed by atoms with Crippen LogP contribution < -0.4 is 16.4 Å². The second-order valence-electron chi connectivity index (χ2n) is 5.60. The summed E-state index contributed by atoms with van der Waals surface area (Å²) in [7, 11) is 0. The molecule has 0 aromatic heterocycles. The fourth-order valence-corrected chi connectivity index (χ4v) is 1.96. The standard InChI is InChI=1S/C19H34N4/c1-6-8-14-23(7-2)15-10-12-18(4)22-16-19(5)21-13-9-11-17(3)20/h6-8,21-22H,2-5,9-16,20H2,1H3/b8-6-. The minimum Gasteiger partial charge on any atom is -0.403 e. The highest BCUT2D eigenvalue weighted by Crippen LogP contribution is 2.02. The quantitative estimate of drug-likeness (QED) is 0.320. The molecular formula is C19H34N4. The molecule has 0 aromatic carbocycles. The lowest BCUT2D eigenvalue weighted by atomic mass is 10.2. The van der Waals surface area contributed by atoms with Crippen molar-refractivity contribution in [2.45, 2.75) is 32.6 Å². The maximum atomic E-state index is 5.53. The van der Waals surface area contributed by atoms with Crippen LogP contribution in [0.3, 0.4) is 0 Å². The fourth-order valence-electron chi connectivity index (χ4n) is 1.96. The van der Waals surface area contributed by atoms with Crippen LogP contribution in [0.1, 0.15) is 32.6 Å². The van der Waals surface area contributed by atoms with Gasteiger partial charge >= 0.3 is 0 Å². The number of nitrogens with one attached hydrogen (secondary N) is 2. The average Bonchev–Trinajstić information content (AvgIpc) is 2.52. The first-order valence-electron chi connectivity index (χ1n) is 8.23. The third-order valence-corrected chi connectivity index (χ3v) is 3.36. The summed E-state index contributed by atoms with van der Waals surface area (Å²) in [5.74, 6) is 0. The highest BCUT2D eigenvalue weighted by Gasteiger charge is 1.99. The Balaban J connectivity index is 3.71. The molecule has 4 nitrogen and oxygen atoms in total. The molecule has 0 heterocycles. The van der Waals surface area contributed by atoms with Gasteiger partial charge in [0, 0.05) is 36.7 Å². The number of rotatable bonds is 15. The first-order chi connectivity index (χ1) is 11.0. The van der Waals surface area contributed by atoms with Gasteiger partial charge in [0.25, 0.3) is 0 Å². The predicted molar refractivity (Wildman–Crippen MR) is 103 cm³/mol. The second kappa shape index (κ2) is 13.6. The van der Waals surface area contributed by atoms with Crippen molar-refractivity contribution in [1.29, 1.82) is 0 Å². The molecule has 0 aliphatic rings. The van der Waals surface area contributed by atoms with Gasteiger partial charge in [-0.25, -0.2) is 0 Å². The number of nitrogens with zero attached hydrogens (tertiary/aromatic N) is 1. The Kier molecular flexibility index (Phi) is 12.3. The van der Waals surface area contributed by atoms with E-state index in [1.54, 1.807) is 0 Å². The maximum Gasteiger partial charge on any atom is 0.0538 e. The smallest absolute Gasteiger partial charge is 0.0538 e. The lowest BCUT2D eigenvalue weighted by molar-refractivity contribution is 0.405. The van der Waals surface area contributed by atoms with Crippen LogP contribution in [0, 0.1) is 0 Å².